The highest BCUT2D eigenvalue weighted by Gasteiger charge is 2.35. The molecule has 0 spiro atoms. The lowest BCUT2D eigenvalue weighted by molar-refractivity contribution is -0.140. The molecule has 7 nitrogen and oxygen atoms in total. The first kappa shape index (κ1) is 34.0. The van der Waals surface area contributed by atoms with Crippen LogP contribution in [0.4, 0.5) is 10.1 Å². The fourth-order valence-corrected chi connectivity index (χ4v) is 6.62. The normalized spacial score (nSPS) is 12.0. The van der Waals surface area contributed by atoms with Gasteiger partial charge < -0.3 is 10.2 Å². The summed E-state index contributed by atoms with van der Waals surface area (Å²) in [6, 6.07) is 25.6. The molecule has 4 rings (SSSR count). The maximum absolute atomic E-state index is 14.5. The first-order chi connectivity index (χ1) is 21.5. The van der Waals surface area contributed by atoms with Gasteiger partial charge in [0.05, 0.1) is 10.6 Å². The molecule has 1 atom stereocenters. The molecule has 0 bridgehead atoms. The summed E-state index contributed by atoms with van der Waals surface area (Å²) in [5, 5.41) is 3.52. The molecule has 4 aromatic carbocycles. The van der Waals surface area contributed by atoms with Crippen molar-refractivity contribution in [3.8, 4) is 0 Å². The number of anilines is 1. The third-order valence-electron chi connectivity index (χ3n) is 7.07. The van der Waals surface area contributed by atoms with Crippen LogP contribution >= 0.6 is 23.2 Å². The molecule has 1 N–H and O–H groups in total. The highest BCUT2D eigenvalue weighted by molar-refractivity contribution is 7.92. The third kappa shape index (κ3) is 8.84. The number of para-hydroxylation sites is 1. The number of benzene rings is 4. The van der Waals surface area contributed by atoms with Crippen molar-refractivity contribution in [2.24, 2.45) is 5.92 Å². The number of carbonyl (C=O) groups excluding carboxylic acids is 2. The Morgan fingerprint density at radius 3 is 1.98 bits per heavy atom. The van der Waals surface area contributed by atoms with Gasteiger partial charge in [-0.05, 0) is 60.0 Å². The summed E-state index contributed by atoms with van der Waals surface area (Å²) in [5.41, 5.74) is 1.43. The van der Waals surface area contributed by atoms with E-state index in [-0.39, 0.29) is 29.5 Å². The number of hydrogen-bond acceptors (Lipinski definition) is 4. The van der Waals surface area contributed by atoms with Gasteiger partial charge in [0, 0.05) is 35.1 Å². The molecule has 0 aliphatic rings. The van der Waals surface area contributed by atoms with Gasteiger partial charge in [0.25, 0.3) is 10.0 Å². The number of nitrogens with one attached hydrogen (secondary N) is 1. The second-order valence-electron chi connectivity index (χ2n) is 10.9. The lowest BCUT2D eigenvalue weighted by atomic mass is 10.0. The van der Waals surface area contributed by atoms with Crippen LogP contribution in [0.5, 0.6) is 0 Å². The van der Waals surface area contributed by atoms with Gasteiger partial charge in [-0.25, -0.2) is 12.8 Å². The number of amides is 2. The van der Waals surface area contributed by atoms with Gasteiger partial charge in [-0.15, -0.1) is 0 Å². The second-order valence-corrected chi connectivity index (χ2v) is 13.5. The molecule has 0 unspecified atom stereocenters. The predicted octanol–water partition coefficient (Wildman–Crippen LogP) is 6.74. The molecule has 0 fully saturated rings. The average Bonchev–Trinajstić information content (AvgIpc) is 3.02. The Morgan fingerprint density at radius 2 is 1.40 bits per heavy atom. The average molecular weight is 671 g/mol. The van der Waals surface area contributed by atoms with Crippen molar-refractivity contribution in [3.05, 3.63) is 130 Å². The number of rotatable bonds is 13. The molecule has 0 saturated heterocycles. The van der Waals surface area contributed by atoms with Crippen molar-refractivity contribution in [2.75, 3.05) is 17.4 Å². The fourth-order valence-electron chi connectivity index (χ4n) is 4.69. The van der Waals surface area contributed by atoms with Gasteiger partial charge in [0.1, 0.15) is 18.4 Å². The van der Waals surface area contributed by atoms with E-state index in [1.54, 1.807) is 48.5 Å². The molecule has 45 heavy (non-hydrogen) atoms. The number of halogens is 3. The minimum atomic E-state index is -4.35. The van der Waals surface area contributed by atoms with E-state index in [1.165, 1.54) is 4.90 Å². The number of sulfonamides is 1. The van der Waals surface area contributed by atoms with Gasteiger partial charge in [-0.2, -0.15) is 0 Å². The Hall–Kier alpha value is -3.92. The van der Waals surface area contributed by atoms with E-state index >= 15 is 0 Å². The molecule has 2 amide bonds. The van der Waals surface area contributed by atoms with Crippen LogP contribution in [0.1, 0.15) is 25.0 Å². The second kappa shape index (κ2) is 15.4. The van der Waals surface area contributed by atoms with Gasteiger partial charge >= 0.3 is 0 Å². The monoisotopic (exact) mass is 669 g/mol. The molecule has 0 aliphatic heterocycles. The van der Waals surface area contributed by atoms with E-state index in [9.17, 15) is 22.4 Å². The molecule has 236 valence electrons. The molecule has 0 radical (unpaired) electrons. The standard InChI is InChI=1S/C34H34Cl2FN3O4S/c1-24(2)21-38-34(42)32(20-25-10-5-3-6-11-25)39(22-29-30(35)14-9-15-31(29)36)33(41)23-40(27-12-7-4-8-13-27)45(43,44)28-18-16-26(37)17-19-28/h3-19,24,32H,20-23H2,1-2H3,(H,38,42)/t32-/m0/s1. The molecule has 0 aromatic heterocycles. The van der Waals surface area contributed by atoms with Crippen molar-refractivity contribution in [2.45, 2.75) is 37.8 Å². The zero-order valence-corrected chi connectivity index (χ0v) is 27.2. The maximum Gasteiger partial charge on any atom is 0.264 e. The number of nitrogens with zero attached hydrogens (tertiary/aromatic N) is 2. The van der Waals surface area contributed by atoms with Crippen LogP contribution < -0.4 is 9.62 Å². The molecule has 0 aliphatic carbocycles. The quantitative estimate of drug-likeness (QED) is 0.171. The Morgan fingerprint density at radius 1 is 0.822 bits per heavy atom. The lowest BCUT2D eigenvalue weighted by Crippen LogP contribution is -2.53. The van der Waals surface area contributed by atoms with E-state index in [4.69, 9.17) is 23.2 Å². The van der Waals surface area contributed by atoms with Gasteiger partial charge in [0.15, 0.2) is 0 Å². The SMILES string of the molecule is CC(C)CNC(=O)[C@H](Cc1ccccc1)N(Cc1c(Cl)cccc1Cl)C(=O)CN(c1ccccc1)S(=O)(=O)c1ccc(F)cc1. The van der Waals surface area contributed by atoms with Crippen molar-refractivity contribution < 1.29 is 22.4 Å². The number of carbonyl (C=O) groups is 2. The summed E-state index contributed by atoms with van der Waals surface area (Å²) < 4.78 is 42.6. The topological polar surface area (TPSA) is 86.8 Å². The molecule has 0 saturated carbocycles. The lowest BCUT2D eigenvalue weighted by Gasteiger charge is -2.34. The van der Waals surface area contributed by atoms with Crippen molar-refractivity contribution in [1.82, 2.24) is 10.2 Å². The van der Waals surface area contributed by atoms with Gasteiger partial charge in [-0.3, -0.25) is 13.9 Å². The smallest absolute Gasteiger partial charge is 0.264 e. The van der Waals surface area contributed by atoms with E-state index in [2.05, 4.69) is 5.32 Å². The van der Waals surface area contributed by atoms with E-state index in [0.717, 1.165) is 34.1 Å². The predicted molar refractivity (Wildman–Crippen MR) is 176 cm³/mol. The van der Waals surface area contributed by atoms with Crippen LogP contribution in [0.3, 0.4) is 0 Å². The zero-order chi connectivity index (χ0) is 32.6. The summed E-state index contributed by atoms with van der Waals surface area (Å²) in [6.45, 7) is 3.46. The fraction of sp³-hybridized carbons (Fsp3) is 0.235. The van der Waals surface area contributed by atoms with Crippen LogP contribution in [-0.2, 0) is 32.6 Å². The highest BCUT2D eigenvalue weighted by Crippen LogP contribution is 2.29. The minimum Gasteiger partial charge on any atom is -0.354 e. The summed E-state index contributed by atoms with van der Waals surface area (Å²) >= 11 is 13.1. The van der Waals surface area contributed by atoms with E-state index in [1.807, 2.05) is 44.2 Å². The minimum absolute atomic E-state index is 0.142. The zero-order valence-electron chi connectivity index (χ0n) is 24.9. The van der Waals surface area contributed by atoms with Crippen LogP contribution in [0.15, 0.2) is 108 Å². The first-order valence-corrected chi connectivity index (χ1v) is 16.5. The first-order valence-electron chi connectivity index (χ1n) is 14.3. The van der Waals surface area contributed by atoms with Crippen molar-refractivity contribution in [3.63, 3.8) is 0 Å². The Labute approximate surface area is 273 Å². The summed E-state index contributed by atoms with van der Waals surface area (Å²) in [7, 11) is -4.35. The Kier molecular flexibility index (Phi) is 11.6. The van der Waals surface area contributed by atoms with Gasteiger partial charge in [-0.1, -0.05) is 91.6 Å². The van der Waals surface area contributed by atoms with E-state index in [0.29, 0.717) is 22.2 Å². The summed E-state index contributed by atoms with van der Waals surface area (Å²) in [4.78, 5) is 29.4. The van der Waals surface area contributed by atoms with Crippen LogP contribution in [-0.4, -0.2) is 44.3 Å². The molecule has 0 heterocycles. The van der Waals surface area contributed by atoms with Gasteiger partial charge in [0.2, 0.25) is 11.8 Å². The van der Waals surface area contributed by atoms with Crippen LogP contribution in [0.25, 0.3) is 0 Å². The van der Waals surface area contributed by atoms with Crippen molar-refractivity contribution in [1.29, 1.82) is 0 Å². The highest BCUT2D eigenvalue weighted by atomic mass is 35.5. The molecular weight excluding hydrogens is 636 g/mol. The third-order valence-corrected chi connectivity index (χ3v) is 9.57. The Bertz CT molecular complexity index is 1690. The van der Waals surface area contributed by atoms with Crippen LogP contribution in [0, 0.1) is 11.7 Å². The summed E-state index contributed by atoms with van der Waals surface area (Å²) in [6.07, 6.45) is 0.147. The van der Waals surface area contributed by atoms with E-state index < -0.39 is 40.2 Å². The molecule has 4 aromatic rings. The molecule has 11 heteroatoms. The maximum atomic E-state index is 14.5. The largest absolute Gasteiger partial charge is 0.354 e. The Balaban J connectivity index is 1.81. The number of hydrogen-bond donors (Lipinski definition) is 1. The summed E-state index contributed by atoms with van der Waals surface area (Å²) in [5.74, 6) is -1.53. The van der Waals surface area contributed by atoms with Crippen molar-refractivity contribution >= 4 is 50.7 Å². The molecular formula is C34H34Cl2FN3O4S. The van der Waals surface area contributed by atoms with Crippen LogP contribution in [0.2, 0.25) is 10.0 Å².